The van der Waals surface area contributed by atoms with Gasteiger partial charge in [-0.2, -0.15) is 0 Å². The molecule has 58 valence electrons. The lowest BCUT2D eigenvalue weighted by molar-refractivity contribution is -0.140. The highest BCUT2D eigenvalue weighted by Gasteiger charge is 2.16. The first-order valence-electron chi connectivity index (χ1n) is 2.55. The molecule has 0 saturated carbocycles. The van der Waals surface area contributed by atoms with E-state index in [2.05, 4.69) is 5.09 Å². The Kier molecular flexibility index (Phi) is 3.91. The molecule has 0 aliphatic rings. The molecule has 0 aromatic heterocycles. The van der Waals surface area contributed by atoms with Crippen LogP contribution in [0.15, 0.2) is 0 Å². The van der Waals surface area contributed by atoms with E-state index < -0.39 is 17.9 Å². The van der Waals surface area contributed by atoms with E-state index in [0.717, 1.165) is 0 Å². The van der Waals surface area contributed by atoms with Gasteiger partial charge in [0.1, 0.15) is 6.04 Å². The van der Waals surface area contributed by atoms with Gasteiger partial charge < -0.3 is 10.8 Å². The lowest BCUT2D eigenvalue weighted by Gasteiger charge is -2.06. The smallest absolute Gasteiger partial charge is 0.321 e. The Morgan fingerprint density at radius 1 is 1.70 bits per heavy atom. The molecule has 0 rings (SSSR count). The summed E-state index contributed by atoms with van der Waals surface area (Å²) in [4.78, 5) is 20.4. The normalized spacial score (nSPS) is 12.5. The van der Waals surface area contributed by atoms with Crippen molar-refractivity contribution >= 4 is 21.3 Å². The molecule has 0 saturated heterocycles. The number of primary amides is 1. The fourth-order valence-corrected chi connectivity index (χ4v) is 0.679. The molecule has 4 N–H and O–H groups in total. The highest BCUT2D eigenvalue weighted by molar-refractivity contribution is 7.13. The lowest BCUT2D eigenvalue weighted by Crippen LogP contribution is -2.34. The van der Waals surface area contributed by atoms with Crippen molar-refractivity contribution < 1.29 is 14.7 Å². The van der Waals surface area contributed by atoms with Crippen LogP contribution in [0.4, 0.5) is 0 Å². The van der Waals surface area contributed by atoms with Crippen LogP contribution >= 0.6 is 9.39 Å². The zero-order valence-electron chi connectivity index (χ0n) is 5.20. The van der Waals surface area contributed by atoms with Gasteiger partial charge in [-0.1, -0.05) is 9.39 Å². The first-order chi connectivity index (χ1) is 4.57. The third kappa shape index (κ3) is 3.37. The second-order valence-electron chi connectivity index (χ2n) is 1.73. The van der Waals surface area contributed by atoms with Crippen LogP contribution < -0.4 is 10.8 Å². The van der Waals surface area contributed by atoms with E-state index in [0.29, 0.717) is 0 Å². The second kappa shape index (κ2) is 4.19. The highest BCUT2D eigenvalue weighted by Crippen LogP contribution is 1.92. The molecule has 0 aliphatic heterocycles. The maximum atomic E-state index is 10.2. The second-order valence-corrected chi connectivity index (χ2v) is 2.06. The maximum absolute atomic E-state index is 10.2. The summed E-state index contributed by atoms with van der Waals surface area (Å²) in [6.45, 7) is 0. The van der Waals surface area contributed by atoms with Gasteiger partial charge in [-0.15, -0.1) is 0 Å². The van der Waals surface area contributed by atoms with Crippen LogP contribution in [0.5, 0.6) is 0 Å². The van der Waals surface area contributed by atoms with Crippen LogP contribution in [-0.4, -0.2) is 23.0 Å². The van der Waals surface area contributed by atoms with E-state index in [-0.39, 0.29) is 6.42 Å². The molecule has 0 aromatic rings. The zero-order valence-corrected chi connectivity index (χ0v) is 6.36. The molecule has 10 heavy (non-hydrogen) atoms. The molecular weight excluding hydrogens is 155 g/mol. The molecule has 5 nitrogen and oxygen atoms in total. The van der Waals surface area contributed by atoms with Crippen molar-refractivity contribution in [2.24, 2.45) is 5.73 Å². The number of carboxylic acids is 1. The summed E-state index contributed by atoms with van der Waals surface area (Å²) >= 11 is 0. The molecule has 0 aliphatic carbocycles. The predicted octanol–water partition coefficient (Wildman–Crippen LogP) is -1.31. The van der Waals surface area contributed by atoms with Crippen molar-refractivity contribution in [1.29, 1.82) is 0 Å². The first-order valence-corrected chi connectivity index (χ1v) is 3.13. The number of nitrogens with two attached hydrogens (primary N) is 1. The molecule has 1 amide bonds. The summed E-state index contributed by atoms with van der Waals surface area (Å²) < 4.78 is 0. The quantitative estimate of drug-likeness (QED) is 0.450. The SMILES string of the molecule is NC(=O)C[C@H](NP)C(=O)O. The molecule has 0 heterocycles. The third-order valence-corrected chi connectivity index (χ3v) is 1.31. The van der Waals surface area contributed by atoms with Gasteiger partial charge >= 0.3 is 5.97 Å². The molecule has 1 unspecified atom stereocenters. The Balaban J connectivity index is 3.83. The number of carboxylic acid groups (broad SMARTS) is 1. The number of rotatable bonds is 4. The average molecular weight is 164 g/mol. The average Bonchev–Trinajstić information content (AvgIpc) is 1.81. The molecule has 0 bridgehead atoms. The maximum Gasteiger partial charge on any atom is 0.321 e. The fourth-order valence-electron chi connectivity index (χ4n) is 0.419. The monoisotopic (exact) mass is 164 g/mol. The summed E-state index contributed by atoms with van der Waals surface area (Å²) in [7, 11) is 2.01. The number of nitrogens with one attached hydrogen (secondary N) is 1. The van der Waals surface area contributed by atoms with Crippen molar-refractivity contribution in [3.05, 3.63) is 0 Å². The van der Waals surface area contributed by atoms with Crippen LogP contribution in [0.25, 0.3) is 0 Å². The van der Waals surface area contributed by atoms with Crippen molar-refractivity contribution in [2.45, 2.75) is 12.5 Å². The van der Waals surface area contributed by atoms with Gasteiger partial charge in [0.05, 0.1) is 6.42 Å². The van der Waals surface area contributed by atoms with E-state index in [1.165, 1.54) is 0 Å². The number of aliphatic carboxylic acids is 1. The Labute approximate surface area is 60.2 Å². The van der Waals surface area contributed by atoms with Gasteiger partial charge in [0.15, 0.2) is 0 Å². The van der Waals surface area contributed by atoms with Gasteiger partial charge in [-0.3, -0.25) is 14.7 Å². The number of hydrogen-bond donors (Lipinski definition) is 3. The largest absolute Gasteiger partial charge is 0.480 e. The minimum atomic E-state index is -1.09. The van der Waals surface area contributed by atoms with E-state index >= 15 is 0 Å². The van der Waals surface area contributed by atoms with Gasteiger partial charge in [0.2, 0.25) is 5.91 Å². The van der Waals surface area contributed by atoms with Crippen LogP contribution in [0.3, 0.4) is 0 Å². The summed E-state index contributed by atoms with van der Waals surface area (Å²) in [6.07, 6.45) is -0.196. The van der Waals surface area contributed by atoms with E-state index in [4.69, 9.17) is 10.8 Å². The lowest BCUT2D eigenvalue weighted by atomic mass is 10.2. The first kappa shape index (κ1) is 9.33. The van der Waals surface area contributed by atoms with Crippen molar-refractivity contribution in [3.8, 4) is 0 Å². The van der Waals surface area contributed by atoms with Crippen molar-refractivity contribution in [2.75, 3.05) is 0 Å². The zero-order chi connectivity index (χ0) is 8.15. The number of carbonyl (C=O) groups excluding carboxylic acids is 1. The number of carbonyl (C=O) groups is 2. The molecular formula is C4H9N2O3P. The van der Waals surface area contributed by atoms with Gasteiger partial charge in [-0.25, -0.2) is 0 Å². The highest BCUT2D eigenvalue weighted by atomic mass is 31.0. The summed E-state index contributed by atoms with van der Waals surface area (Å²) in [5.74, 6) is -1.73. The van der Waals surface area contributed by atoms with E-state index in [9.17, 15) is 9.59 Å². The third-order valence-electron chi connectivity index (χ3n) is 0.905. The summed E-state index contributed by atoms with van der Waals surface area (Å²) in [5.41, 5.74) is 4.76. The number of amides is 1. The van der Waals surface area contributed by atoms with Gasteiger partial charge in [0, 0.05) is 0 Å². The van der Waals surface area contributed by atoms with Crippen molar-refractivity contribution in [3.63, 3.8) is 0 Å². The standard InChI is InChI=1S/C4H9N2O3P/c5-3(7)1-2(6-10)4(8)9/h2,6H,1,10H2,(H2,5,7)(H,8,9)/t2-/m0/s1. The van der Waals surface area contributed by atoms with E-state index in [1.54, 1.807) is 0 Å². The Morgan fingerprint density at radius 2 is 2.20 bits per heavy atom. The van der Waals surface area contributed by atoms with Crippen molar-refractivity contribution in [1.82, 2.24) is 5.09 Å². The topological polar surface area (TPSA) is 92.4 Å². The molecule has 6 heteroatoms. The summed E-state index contributed by atoms with van der Waals surface area (Å²) in [6, 6.07) is -0.900. The minimum Gasteiger partial charge on any atom is -0.480 e. The van der Waals surface area contributed by atoms with Crippen LogP contribution in [0.1, 0.15) is 6.42 Å². The molecule has 0 spiro atoms. The molecule has 2 atom stereocenters. The van der Waals surface area contributed by atoms with Crippen LogP contribution in [-0.2, 0) is 9.59 Å². The molecule has 0 fully saturated rings. The summed E-state index contributed by atoms with van der Waals surface area (Å²) in [5, 5.41) is 10.7. The Hall–Kier alpha value is -0.670. The van der Waals surface area contributed by atoms with Crippen LogP contribution in [0, 0.1) is 0 Å². The van der Waals surface area contributed by atoms with Crippen LogP contribution in [0.2, 0.25) is 0 Å². The number of hydrogen-bond acceptors (Lipinski definition) is 3. The predicted molar refractivity (Wildman–Crippen MR) is 38.1 cm³/mol. The van der Waals surface area contributed by atoms with E-state index in [1.807, 2.05) is 9.39 Å². The van der Waals surface area contributed by atoms with Gasteiger partial charge in [-0.05, 0) is 0 Å². The molecule has 0 aromatic carbocycles. The Bertz CT molecular complexity index is 149. The fraction of sp³-hybridized carbons (Fsp3) is 0.500. The van der Waals surface area contributed by atoms with Gasteiger partial charge in [0.25, 0.3) is 0 Å². The minimum absolute atomic E-state index is 0.196. The Morgan fingerprint density at radius 3 is 2.30 bits per heavy atom. The molecule has 0 radical (unpaired) electrons.